The standard InChI is InChI=1S/C78H124O42/c1-26-40(86)56(114-66-51(97)46(92)43(89)33(21-79)109-66)60(117-65-50(96)42(88)32(84)25-105-65)69(106-26)119-62-59(116-67-52(98)47(93)44(90)34(22-80)110-67)55(108-28(3)82)27(2)107-70(62)120-72(103)78-18-17-73(4,5)19-30(78)29-11-12-37-75(8)15-14-39(74(6,7)36(75)13-16-76(37,9)77(29,10)20-38(78)85)112-71-61(118-68-53(99)48(94)45(91)35(23-81)111-68)57(54(100)58(115-71)63(101)102)113-64-49(95)41(87)31(83)24-104-64/h11,26-27,30-62,64-71,79-81,83-100H,12-25H2,1-10H3,(H,101,102). The summed E-state index contributed by atoms with van der Waals surface area (Å²) in [6, 6.07) is 0. The first-order valence-electron chi connectivity index (χ1n) is 41.4. The molecule has 22 N–H and O–H groups in total. The molecule has 5 aliphatic carbocycles. The first kappa shape index (κ1) is 94.3. The highest BCUT2D eigenvalue weighted by molar-refractivity contribution is 5.80. The van der Waals surface area contributed by atoms with Gasteiger partial charge in [0.05, 0.1) is 57.5 Å². The molecule has 0 aromatic rings. The number of carboxylic acids is 1. The van der Waals surface area contributed by atoms with E-state index in [9.17, 15) is 122 Å². The predicted octanol–water partition coefficient (Wildman–Crippen LogP) is -7.77. The number of aliphatic hydroxyl groups excluding tert-OH is 21. The van der Waals surface area contributed by atoms with Gasteiger partial charge in [-0.05, 0) is 116 Å². The highest BCUT2D eigenvalue weighted by atomic mass is 16.8. The fourth-order valence-corrected chi connectivity index (χ4v) is 22.1. The first-order chi connectivity index (χ1) is 56.2. The number of hydrogen-bond acceptors (Lipinski definition) is 41. The van der Waals surface area contributed by atoms with Crippen molar-refractivity contribution in [1.29, 1.82) is 0 Å². The Bertz CT molecular complexity index is 3540. The van der Waals surface area contributed by atoms with Crippen molar-refractivity contribution < 1.29 is 207 Å². The van der Waals surface area contributed by atoms with Crippen molar-refractivity contribution in [2.45, 2.75) is 373 Å². The molecule has 12 fully saturated rings. The Morgan fingerprint density at radius 2 is 0.875 bits per heavy atom. The minimum atomic E-state index is -2.20. The minimum absolute atomic E-state index is 0.00228. The molecule has 8 saturated heterocycles. The summed E-state index contributed by atoms with van der Waals surface area (Å²) < 4.78 is 106. The topological polar surface area (TPSA) is 653 Å². The van der Waals surface area contributed by atoms with Gasteiger partial charge < -0.3 is 193 Å². The summed E-state index contributed by atoms with van der Waals surface area (Å²) >= 11 is 0. The Hall–Kier alpha value is -3.29. The lowest BCUT2D eigenvalue weighted by Crippen LogP contribution is -2.70. The molecule has 0 aromatic carbocycles. The third kappa shape index (κ3) is 16.7. The van der Waals surface area contributed by atoms with Gasteiger partial charge in [-0.25, -0.2) is 4.79 Å². The van der Waals surface area contributed by atoms with E-state index in [0.29, 0.717) is 38.5 Å². The quantitative estimate of drug-likeness (QED) is 0.0288. The maximum Gasteiger partial charge on any atom is 0.335 e. The second kappa shape index (κ2) is 36.0. The van der Waals surface area contributed by atoms with Crippen LogP contribution in [0.15, 0.2) is 11.6 Å². The summed E-state index contributed by atoms with van der Waals surface area (Å²) in [5.74, 6) is -4.95. The number of allylic oxidation sites excluding steroid dienone is 2. The highest BCUT2D eigenvalue weighted by Crippen LogP contribution is 2.76. The summed E-state index contributed by atoms with van der Waals surface area (Å²) in [4.78, 5) is 43.1. The fourth-order valence-electron chi connectivity index (χ4n) is 22.1. The van der Waals surface area contributed by atoms with Gasteiger partial charge in [-0.1, -0.05) is 60.1 Å². The van der Waals surface area contributed by atoms with Crippen molar-refractivity contribution in [2.24, 2.45) is 50.2 Å². The van der Waals surface area contributed by atoms with Gasteiger partial charge in [0.2, 0.25) is 6.29 Å². The van der Waals surface area contributed by atoms with Gasteiger partial charge in [0.25, 0.3) is 0 Å². The molecule has 0 radical (unpaired) electrons. The zero-order valence-corrected chi connectivity index (χ0v) is 68.3. The van der Waals surface area contributed by atoms with E-state index in [1.807, 2.05) is 27.7 Å². The average molecular weight is 1730 g/mol. The number of aliphatic carboxylic acids is 1. The van der Waals surface area contributed by atoms with Gasteiger partial charge in [-0.2, -0.15) is 0 Å². The summed E-state index contributed by atoms with van der Waals surface area (Å²) in [5.41, 5.74) is -4.55. The van der Waals surface area contributed by atoms with Gasteiger partial charge in [-0.3, -0.25) is 9.59 Å². The highest BCUT2D eigenvalue weighted by Gasteiger charge is 2.73. The minimum Gasteiger partial charge on any atom is -0.479 e. The largest absolute Gasteiger partial charge is 0.479 e. The second-order valence-corrected chi connectivity index (χ2v) is 37.3. The van der Waals surface area contributed by atoms with Crippen molar-refractivity contribution in [1.82, 2.24) is 0 Å². The van der Waals surface area contributed by atoms with Crippen LogP contribution in [0.3, 0.4) is 0 Å². The summed E-state index contributed by atoms with van der Waals surface area (Å²) in [7, 11) is 0. The lowest BCUT2D eigenvalue weighted by molar-refractivity contribution is -0.409. The van der Waals surface area contributed by atoms with E-state index >= 15 is 4.79 Å². The molecule has 120 heavy (non-hydrogen) atoms. The van der Waals surface area contributed by atoms with Crippen LogP contribution in [0.25, 0.3) is 0 Å². The van der Waals surface area contributed by atoms with E-state index in [2.05, 4.69) is 26.8 Å². The second-order valence-electron chi connectivity index (χ2n) is 37.3. The molecule has 8 aliphatic heterocycles. The Morgan fingerprint density at radius 1 is 0.425 bits per heavy atom. The maximum atomic E-state index is 16.6. The summed E-state index contributed by atoms with van der Waals surface area (Å²) in [5, 5.41) is 244. The van der Waals surface area contributed by atoms with Crippen LogP contribution < -0.4 is 0 Å². The number of aliphatic hydroxyl groups is 21. The Labute approximate surface area is 690 Å². The predicted molar refractivity (Wildman–Crippen MR) is 390 cm³/mol. The normalized spacial score (nSPS) is 53.4. The molecule has 42 nitrogen and oxygen atoms in total. The van der Waals surface area contributed by atoms with Crippen molar-refractivity contribution in [2.75, 3.05) is 33.0 Å². The molecule has 13 rings (SSSR count). The molecule has 0 amide bonds. The number of carbonyl (C=O) groups excluding carboxylic acids is 2. The van der Waals surface area contributed by atoms with E-state index in [0.717, 1.165) is 12.5 Å². The van der Waals surface area contributed by atoms with Crippen molar-refractivity contribution in [3.8, 4) is 0 Å². The van der Waals surface area contributed by atoms with Gasteiger partial charge in [0, 0.05) is 6.92 Å². The molecular weight excluding hydrogens is 1610 g/mol. The molecule has 42 heteroatoms. The molecular formula is C78H124O42. The van der Waals surface area contributed by atoms with Crippen molar-refractivity contribution >= 4 is 17.9 Å². The van der Waals surface area contributed by atoms with Crippen LogP contribution in [-0.4, -0.2) is 409 Å². The van der Waals surface area contributed by atoms with Gasteiger partial charge in [-0.15, -0.1) is 0 Å². The lowest BCUT2D eigenvalue weighted by Gasteiger charge is -2.72. The number of carbonyl (C=O) groups is 3. The van der Waals surface area contributed by atoms with E-state index in [1.54, 1.807) is 0 Å². The van der Waals surface area contributed by atoms with E-state index in [-0.39, 0.29) is 31.1 Å². The number of fused-ring (bicyclic) bond motifs is 7. The van der Waals surface area contributed by atoms with Crippen LogP contribution in [0.2, 0.25) is 0 Å². The molecule has 0 aromatic heterocycles. The molecule has 688 valence electrons. The Balaban J connectivity index is 0.834. The van der Waals surface area contributed by atoms with Gasteiger partial charge in [0.1, 0.15) is 158 Å². The monoisotopic (exact) mass is 1730 g/mol. The summed E-state index contributed by atoms with van der Waals surface area (Å²) in [6.07, 6.45) is -70.8. The van der Waals surface area contributed by atoms with E-state index in [4.69, 9.17) is 80.5 Å². The lowest BCUT2D eigenvalue weighted by atomic mass is 9.33. The van der Waals surface area contributed by atoms with Crippen molar-refractivity contribution in [3.63, 3.8) is 0 Å². The van der Waals surface area contributed by atoms with E-state index < -0.39 is 335 Å². The van der Waals surface area contributed by atoms with Crippen LogP contribution >= 0.6 is 0 Å². The fraction of sp³-hybridized carbons (Fsp3) is 0.936. The van der Waals surface area contributed by atoms with Gasteiger partial charge >= 0.3 is 17.9 Å². The molecule has 47 atom stereocenters. The van der Waals surface area contributed by atoms with Gasteiger partial charge in [0.15, 0.2) is 62.3 Å². The SMILES string of the molecule is CC(=O)OC1C(C)OC(OC(=O)C23CCC(C)(C)CC2C2=CCC4C5(C)CCC(OC6OC(C(=O)O)C(O)C(OC7OCC(O)C(O)C7O)C6OC6OC(CO)C(O)C(O)C6O)C(C)(C)C5CCC4(C)C2(C)CC3O)C(OC2OC(C)C(O)C(OC3OC(CO)C(O)C(O)C3O)C2OC2OCC(O)C(O)C2O)C1OC1OC(CO)C(O)C(O)C1O. The first-order valence-corrected chi connectivity index (χ1v) is 41.4. The molecule has 47 unspecified atom stereocenters. The number of rotatable bonds is 21. The third-order valence-electron chi connectivity index (χ3n) is 29.3. The molecule has 4 saturated carbocycles. The van der Waals surface area contributed by atoms with Crippen LogP contribution in [0.1, 0.15) is 127 Å². The summed E-state index contributed by atoms with van der Waals surface area (Å²) in [6.45, 7) is 14.2. The third-order valence-corrected chi connectivity index (χ3v) is 29.3. The molecule has 0 bridgehead atoms. The zero-order chi connectivity index (χ0) is 87.8. The van der Waals surface area contributed by atoms with Crippen LogP contribution in [0.5, 0.6) is 0 Å². The van der Waals surface area contributed by atoms with Crippen molar-refractivity contribution in [3.05, 3.63) is 11.6 Å². The number of esters is 2. The van der Waals surface area contributed by atoms with E-state index in [1.165, 1.54) is 13.8 Å². The molecule has 13 aliphatic rings. The number of hydrogen-bond donors (Lipinski definition) is 22. The maximum absolute atomic E-state index is 16.6. The number of ether oxygens (including phenoxy) is 17. The Morgan fingerprint density at radius 3 is 1.38 bits per heavy atom. The molecule has 0 spiro atoms. The number of carboxylic acid groups (broad SMARTS) is 1. The molecule has 8 heterocycles. The average Bonchev–Trinajstić information content (AvgIpc) is 0.669. The smallest absolute Gasteiger partial charge is 0.335 e. The Kier molecular flexibility index (Phi) is 28.3. The van der Waals surface area contributed by atoms with Crippen LogP contribution in [0.4, 0.5) is 0 Å². The van der Waals surface area contributed by atoms with Crippen LogP contribution in [0, 0.1) is 50.2 Å². The zero-order valence-electron chi connectivity index (χ0n) is 68.3. The van der Waals surface area contributed by atoms with Crippen LogP contribution in [-0.2, 0) is 94.9 Å².